The Kier molecular flexibility index (Phi) is 4.92. The number of hydrogen-bond acceptors (Lipinski definition) is 3. The number of allylic oxidation sites excluding steroid dienone is 1. The normalized spacial score (nSPS) is 12.0. The topological polar surface area (TPSA) is 47.6 Å². The second-order valence-corrected chi connectivity index (χ2v) is 6.06. The zero-order valence-corrected chi connectivity index (χ0v) is 14.5. The van der Waals surface area contributed by atoms with E-state index in [1.165, 1.54) is 11.6 Å². The SMILES string of the molecule is NC=C(C=Nc1ccccc1)Oc1cc2ccccc2cc1I. The van der Waals surface area contributed by atoms with Gasteiger partial charge in [0.2, 0.25) is 0 Å². The Morgan fingerprint density at radius 2 is 1.61 bits per heavy atom. The summed E-state index contributed by atoms with van der Waals surface area (Å²) in [6.45, 7) is 0. The van der Waals surface area contributed by atoms with E-state index in [0.717, 1.165) is 20.4 Å². The minimum atomic E-state index is 0.502. The van der Waals surface area contributed by atoms with Crippen LogP contribution in [0.4, 0.5) is 5.69 Å². The minimum Gasteiger partial charge on any atom is -0.453 e. The summed E-state index contributed by atoms with van der Waals surface area (Å²) in [4.78, 5) is 4.36. The molecule has 0 saturated carbocycles. The van der Waals surface area contributed by atoms with E-state index in [0.29, 0.717) is 5.76 Å². The van der Waals surface area contributed by atoms with Gasteiger partial charge in [-0.2, -0.15) is 0 Å². The highest BCUT2D eigenvalue weighted by atomic mass is 127. The van der Waals surface area contributed by atoms with Gasteiger partial charge in [0.05, 0.1) is 15.5 Å². The summed E-state index contributed by atoms with van der Waals surface area (Å²) in [5.74, 6) is 1.27. The van der Waals surface area contributed by atoms with Gasteiger partial charge in [0, 0.05) is 6.20 Å². The predicted molar refractivity (Wildman–Crippen MR) is 104 cm³/mol. The van der Waals surface area contributed by atoms with E-state index in [-0.39, 0.29) is 0 Å². The van der Waals surface area contributed by atoms with Gasteiger partial charge in [0.15, 0.2) is 5.76 Å². The first-order valence-electron chi connectivity index (χ1n) is 7.13. The highest BCUT2D eigenvalue weighted by Crippen LogP contribution is 2.28. The van der Waals surface area contributed by atoms with Crippen molar-refractivity contribution in [2.45, 2.75) is 0 Å². The molecule has 23 heavy (non-hydrogen) atoms. The fourth-order valence-electron chi connectivity index (χ4n) is 2.15. The number of aliphatic imine (C=N–C) groups is 1. The van der Waals surface area contributed by atoms with Gasteiger partial charge >= 0.3 is 0 Å². The summed E-state index contributed by atoms with van der Waals surface area (Å²) in [5, 5.41) is 2.31. The average Bonchev–Trinajstić information content (AvgIpc) is 2.59. The van der Waals surface area contributed by atoms with E-state index in [9.17, 15) is 0 Å². The highest BCUT2D eigenvalue weighted by molar-refractivity contribution is 14.1. The van der Waals surface area contributed by atoms with Gasteiger partial charge in [-0.25, -0.2) is 0 Å². The first kappa shape index (κ1) is 15.6. The Balaban J connectivity index is 1.85. The van der Waals surface area contributed by atoms with Crippen LogP contribution in [0.1, 0.15) is 0 Å². The van der Waals surface area contributed by atoms with Gasteiger partial charge in [-0.3, -0.25) is 4.99 Å². The second-order valence-electron chi connectivity index (χ2n) is 4.89. The third kappa shape index (κ3) is 3.90. The van der Waals surface area contributed by atoms with Gasteiger partial charge < -0.3 is 10.5 Å². The van der Waals surface area contributed by atoms with Crippen molar-refractivity contribution in [1.29, 1.82) is 0 Å². The Morgan fingerprint density at radius 1 is 0.957 bits per heavy atom. The molecule has 3 aromatic rings. The largest absolute Gasteiger partial charge is 0.453 e. The number of nitrogens with zero attached hydrogens (tertiary/aromatic N) is 1. The molecule has 0 unspecified atom stereocenters. The Labute approximate surface area is 148 Å². The number of ether oxygens (including phenoxy) is 1. The van der Waals surface area contributed by atoms with Crippen molar-refractivity contribution in [3.8, 4) is 5.75 Å². The fourth-order valence-corrected chi connectivity index (χ4v) is 2.75. The van der Waals surface area contributed by atoms with Crippen LogP contribution < -0.4 is 10.5 Å². The van der Waals surface area contributed by atoms with Crippen molar-refractivity contribution in [1.82, 2.24) is 0 Å². The number of para-hydroxylation sites is 1. The summed E-state index contributed by atoms with van der Waals surface area (Å²) >= 11 is 2.26. The number of hydrogen-bond donors (Lipinski definition) is 1. The molecule has 0 saturated heterocycles. The van der Waals surface area contributed by atoms with E-state index in [1.807, 2.05) is 48.5 Å². The molecule has 0 heterocycles. The van der Waals surface area contributed by atoms with Crippen LogP contribution in [-0.2, 0) is 0 Å². The van der Waals surface area contributed by atoms with Gasteiger partial charge in [0.25, 0.3) is 0 Å². The van der Waals surface area contributed by atoms with Crippen LogP contribution in [0.5, 0.6) is 5.75 Å². The first-order valence-corrected chi connectivity index (χ1v) is 8.21. The molecule has 0 atom stereocenters. The lowest BCUT2D eigenvalue weighted by molar-refractivity contribution is 0.453. The van der Waals surface area contributed by atoms with Crippen LogP contribution in [0.3, 0.4) is 0 Å². The molecule has 3 nitrogen and oxygen atoms in total. The molecular weight excluding hydrogens is 399 g/mol. The van der Waals surface area contributed by atoms with E-state index < -0.39 is 0 Å². The molecule has 0 aliphatic heterocycles. The van der Waals surface area contributed by atoms with Crippen LogP contribution in [0, 0.1) is 3.57 Å². The van der Waals surface area contributed by atoms with Crippen molar-refractivity contribution in [2.24, 2.45) is 10.7 Å². The molecule has 0 fully saturated rings. The van der Waals surface area contributed by atoms with E-state index in [4.69, 9.17) is 10.5 Å². The van der Waals surface area contributed by atoms with E-state index in [2.05, 4.69) is 45.8 Å². The first-order chi connectivity index (χ1) is 11.3. The molecule has 0 radical (unpaired) electrons. The number of rotatable bonds is 4. The molecular formula is C19H15IN2O. The molecule has 114 valence electrons. The van der Waals surface area contributed by atoms with Crippen molar-refractivity contribution in [3.63, 3.8) is 0 Å². The maximum Gasteiger partial charge on any atom is 0.161 e. The number of halogens is 1. The smallest absolute Gasteiger partial charge is 0.161 e. The van der Waals surface area contributed by atoms with E-state index >= 15 is 0 Å². The zero-order valence-electron chi connectivity index (χ0n) is 12.3. The van der Waals surface area contributed by atoms with Crippen molar-refractivity contribution in [2.75, 3.05) is 0 Å². The lowest BCUT2D eigenvalue weighted by Crippen LogP contribution is -2.01. The molecule has 0 aromatic heterocycles. The zero-order chi connectivity index (χ0) is 16.1. The molecule has 0 aliphatic carbocycles. The summed E-state index contributed by atoms with van der Waals surface area (Å²) in [6.07, 6.45) is 3.04. The third-order valence-corrected chi connectivity index (χ3v) is 4.13. The van der Waals surface area contributed by atoms with Crippen molar-refractivity contribution in [3.05, 3.63) is 82.3 Å². The Hall–Kier alpha value is -2.34. The minimum absolute atomic E-state index is 0.502. The van der Waals surface area contributed by atoms with Gasteiger partial charge in [-0.15, -0.1) is 0 Å². The molecule has 0 aliphatic rings. The molecule has 3 aromatic carbocycles. The number of benzene rings is 3. The predicted octanol–water partition coefficient (Wildman–Crippen LogP) is 5.03. The van der Waals surface area contributed by atoms with Crippen LogP contribution in [0.15, 0.2) is 83.7 Å². The summed E-state index contributed by atoms with van der Waals surface area (Å²) in [5.41, 5.74) is 6.52. The van der Waals surface area contributed by atoms with Crippen LogP contribution >= 0.6 is 22.6 Å². The molecule has 3 rings (SSSR count). The standard InChI is InChI=1S/C19H15IN2O/c20-18-10-14-6-4-5-7-15(14)11-19(18)23-17(12-21)13-22-16-8-2-1-3-9-16/h1-13H,21H2. The van der Waals surface area contributed by atoms with Crippen molar-refractivity contribution < 1.29 is 4.74 Å². The number of nitrogens with two attached hydrogens (primary N) is 1. The fraction of sp³-hybridized carbons (Fsp3) is 0. The summed E-state index contributed by atoms with van der Waals surface area (Å²) < 4.78 is 6.93. The lowest BCUT2D eigenvalue weighted by Gasteiger charge is -2.09. The van der Waals surface area contributed by atoms with Gasteiger partial charge in [0.1, 0.15) is 5.75 Å². The molecule has 0 amide bonds. The van der Waals surface area contributed by atoms with E-state index in [1.54, 1.807) is 6.21 Å². The second kappa shape index (κ2) is 7.28. The molecule has 4 heteroatoms. The lowest BCUT2D eigenvalue weighted by atomic mass is 10.1. The van der Waals surface area contributed by atoms with Gasteiger partial charge in [-0.05, 0) is 57.6 Å². The quantitative estimate of drug-likeness (QED) is 0.370. The molecule has 0 bridgehead atoms. The van der Waals surface area contributed by atoms with Crippen molar-refractivity contribution >= 4 is 45.3 Å². The van der Waals surface area contributed by atoms with Crippen LogP contribution in [-0.4, -0.2) is 6.21 Å². The molecule has 0 spiro atoms. The van der Waals surface area contributed by atoms with Gasteiger partial charge in [-0.1, -0.05) is 42.5 Å². The van der Waals surface area contributed by atoms with Crippen LogP contribution in [0.2, 0.25) is 0 Å². The third-order valence-electron chi connectivity index (χ3n) is 3.29. The summed E-state index contributed by atoms with van der Waals surface area (Å²) in [7, 11) is 0. The Morgan fingerprint density at radius 3 is 2.30 bits per heavy atom. The maximum atomic E-state index is 5.90. The summed E-state index contributed by atoms with van der Waals surface area (Å²) in [6, 6.07) is 21.9. The maximum absolute atomic E-state index is 5.90. The highest BCUT2D eigenvalue weighted by Gasteiger charge is 2.06. The number of fused-ring (bicyclic) bond motifs is 1. The molecule has 2 N–H and O–H groups in total. The van der Waals surface area contributed by atoms with Crippen LogP contribution in [0.25, 0.3) is 10.8 Å². The average molecular weight is 414 g/mol. The monoisotopic (exact) mass is 414 g/mol. The Bertz CT molecular complexity index is 873.